The minimum Gasteiger partial charge on any atom is -0.459 e. The summed E-state index contributed by atoms with van der Waals surface area (Å²) in [6.07, 6.45) is -12.0. The molecular weight excluding hydrogens is 406 g/mol. The van der Waals surface area contributed by atoms with Crippen LogP contribution >= 0.6 is 0 Å². The van der Waals surface area contributed by atoms with Crippen LogP contribution in [0, 0.1) is 5.41 Å². The molecule has 0 radical (unpaired) electrons. The average Bonchev–Trinajstić information content (AvgIpc) is 2.58. The number of carbonyl (C=O) groups is 2. The Hall–Kier alpha value is -1.48. The van der Waals surface area contributed by atoms with Crippen LogP contribution in [0.4, 0.5) is 26.3 Å². The topological polar surface area (TPSA) is 52.6 Å². The molecular formula is C19H28F6O4. The largest absolute Gasteiger partial charge is 0.459 e. The van der Waals surface area contributed by atoms with E-state index in [0.29, 0.717) is 19.3 Å². The first-order chi connectivity index (χ1) is 13.1. The molecule has 29 heavy (non-hydrogen) atoms. The van der Waals surface area contributed by atoms with Crippen molar-refractivity contribution in [3.05, 3.63) is 0 Å². The van der Waals surface area contributed by atoms with Crippen molar-refractivity contribution in [2.45, 2.75) is 103 Å². The number of esters is 2. The summed E-state index contributed by atoms with van der Waals surface area (Å²) in [6, 6.07) is 0. The summed E-state index contributed by atoms with van der Waals surface area (Å²) < 4.78 is 84.3. The Bertz CT molecular complexity index is 548. The van der Waals surface area contributed by atoms with E-state index in [2.05, 4.69) is 4.74 Å². The molecule has 0 N–H and O–H groups in total. The summed E-state index contributed by atoms with van der Waals surface area (Å²) in [4.78, 5) is 24.1. The first-order valence-corrected chi connectivity index (χ1v) is 9.69. The predicted octanol–water partition coefficient (Wildman–Crippen LogP) is 5.88. The van der Waals surface area contributed by atoms with Crippen molar-refractivity contribution in [2.75, 3.05) is 0 Å². The van der Waals surface area contributed by atoms with E-state index < -0.39 is 47.8 Å². The first kappa shape index (κ1) is 25.6. The van der Waals surface area contributed by atoms with E-state index in [1.165, 1.54) is 0 Å². The molecule has 0 aromatic carbocycles. The molecule has 0 aliphatic heterocycles. The van der Waals surface area contributed by atoms with Gasteiger partial charge in [0.15, 0.2) is 0 Å². The predicted molar refractivity (Wildman–Crippen MR) is 91.8 cm³/mol. The van der Waals surface area contributed by atoms with Crippen LogP contribution in [0.2, 0.25) is 0 Å². The highest BCUT2D eigenvalue weighted by Gasteiger charge is 2.59. The molecule has 1 rings (SSSR count). The summed E-state index contributed by atoms with van der Waals surface area (Å²) in [5.41, 5.74) is -1.56. The molecule has 0 saturated heterocycles. The SMILES string of the molecule is CCC(C)(C)C(=O)OC1(CCCC(=O)OC(C(F)(F)F)C(F)(F)F)CCCCC1. The third-order valence-corrected chi connectivity index (χ3v) is 5.37. The van der Waals surface area contributed by atoms with E-state index in [1.807, 2.05) is 6.92 Å². The van der Waals surface area contributed by atoms with Crippen molar-refractivity contribution in [1.29, 1.82) is 0 Å². The van der Waals surface area contributed by atoms with E-state index in [1.54, 1.807) is 13.8 Å². The van der Waals surface area contributed by atoms with Gasteiger partial charge in [0, 0.05) is 6.42 Å². The van der Waals surface area contributed by atoms with Crippen LogP contribution in [0.1, 0.15) is 78.6 Å². The average molecular weight is 434 g/mol. The maximum atomic E-state index is 12.5. The molecule has 0 aromatic rings. The molecule has 0 spiro atoms. The molecule has 0 bridgehead atoms. The van der Waals surface area contributed by atoms with E-state index in [-0.39, 0.29) is 12.8 Å². The molecule has 0 atom stereocenters. The monoisotopic (exact) mass is 434 g/mol. The van der Waals surface area contributed by atoms with Gasteiger partial charge in [-0.1, -0.05) is 13.3 Å². The lowest BCUT2D eigenvalue weighted by molar-refractivity contribution is -0.313. The van der Waals surface area contributed by atoms with Gasteiger partial charge in [-0.3, -0.25) is 9.59 Å². The molecule has 0 unspecified atom stereocenters. The fourth-order valence-electron chi connectivity index (χ4n) is 3.14. The molecule has 1 aliphatic carbocycles. The molecule has 0 heterocycles. The first-order valence-electron chi connectivity index (χ1n) is 9.69. The van der Waals surface area contributed by atoms with Gasteiger partial charge in [0.1, 0.15) is 5.60 Å². The van der Waals surface area contributed by atoms with Crippen molar-refractivity contribution in [3.8, 4) is 0 Å². The summed E-state index contributed by atoms with van der Waals surface area (Å²) in [5, 5.41) is 0. The molecule has 170 valence electrons. The van der Waals surface area contributed by atoms with Gasteiger partial charge in [-0.15, -0.1) is 0 Å². The van der Waals surface area contributed by atoms with E-state index in [9.17, 15) is 35.9 Å². The maximum Gasteiger partial charge on any atom is 0.434 e. The Labute approximate surface area is 166 Å². The van der Waals surface area contributed by atoms with Crippen LogP contribution < -0.4 is 0 Å². The number of hydrogen-bond donors (Lipinski definition) is 0. The molecule has 4 nitrogen and oxygen atoms in total. The summed E-state index contributed by atoms with van der Waals surface area (Å²) >= 11 is 0. The number of ether oxygens (including phenoxy) is 2. The van der Waals surface area contributed by atoms with Crippen molar-refractivity contribution in [2.24, 2.45) is 5.41 Å². The fraction of sp³-hybridized carbons (Fsp3) is 0.895. The summed E-state index contributed by atoms with van der Waals surface area (Å²) in [6.45, 7) is 5.30. The molecule has 1 aliphatic rings. The number of halogens is 6. The Morgan fingerprint density at radius 1 is 0.966 bits per heavy atom. The van der Waals surface area contributed by atoms with Crippen LogP contribution in [-0.4, -0.2) is 36.0 Å². The highest BCUT2D eigenvalue weighted by atomic mass is 19.4. The van der Waals surface area contributed by atoms with Gasteiger partial charge in [0.25, 0.3) is 6.10 Å². The van der Waals surface area contributed by atoms with Gasteiger partial charge < -0.3 is 9.47 Å². The quantitative estimate of drug-likeness (QED) is 0.354. The lowest BCUT2D eigenvalue weighted by Gasteiger charge is -2.39. The van der Waals surface area contributed by atoms with Crippen LogP contribution in [0.5, 0.6) is 0 Å². The van der Waals surface area contributed by atoms with Gasteiger partial charge in [-0.2, -0.15) is 26.3 Å². The zero-order chi connectivity index (χ0) is 22.5. The van der Waals surface area contributed by atoms with Crippen LogP contribution in [0.3, 0.4) is 0 Å². The van der Waals surface area contributed by atoms with Gasteiger partial charge in [0.2, 0.25) is 0 Å². The lowest BCUT2D eigenvalue weighted by Crippen LogP contribution is -2.45. The number of alkyl halides is 6. The zero-order valence-corrected chi connectivity index (χ0v) is 16.8. The summed E-state index contributed by atoms with van der Waals surface area (Å²) in [5.74, 6) is -1.99. The second kappa shape index (κ2) is 9.55. The second-order valence-electron chi connectivity index (χ2n) is 8.18. The minimum absolute atomic E-state index is 0.0406. The van der Waals surface area contributed by atoms with E-state index in [0.717, 1.165) is 19.3 Å². The van der Waals surface area contributed by atoms with Crippen LogP contribution in [-0.2, 0) is 19.1 Å². The smallest absolute Gasteiger partial charge is 0.434 e. The third kappa shape index (κ3) is 7.70. The number of rotatable bonds is 8. The molecule has 1 saturated carbocycles. The van der Waals surface area contributed by atoms with Crippen molar-refractivity contribution in [1.82, 2.24) is 0 Å². The highest BCUT2D eigenvalue weighted by Crippen LogP contribution is 2.39. The normalized spacial score (nSPS) is 17.9. The zero-order valence-electron chi connectivity index (χ0n) is 16.8. The van der Waals surface area contributed by atoms with Crippen LogP contribution in [0.15, 0.2) is 0 Å². The third-order valence-electron chi connectivity index (χ3n) is 5.37. The Balaban J connectivity index is 2.71. The number of hydrogen-bond acceptors (Lipinski definition) is 4. The van der Waals surface area contributed by atoms with Crippen LogP contribution in [0.25, 0.3) is 0 Å². The molecule has 1 fully saturated rings. The lowest BCUT2D eigenvalue weighted by atomic mass is 9.80. The maximum absolute atomic E-state index is 12.5. The van der Waals surface area contributed by atoms with Gasteiger partial charge in [-0.25, -0.2) is 0 Å². The molecule has 0 amide bonds. The second-order valence-corrected chi connectivity index (χ2v) is 8.18. The van der Waals surface area contributed by atoms with E-state index >= 15 is 0 Å². The van der Waals surface area contributed by atoms with Gasteiger partial charge >= 0.3 is 24.3 Å². The van der Waals surface area contributed by atoms with Crippen molar-refractivity contribution < 1.29 is 45.4 Å². The van der Waals surface area contributed by atoms with Crippen molar-refractivity contribution in [3.63, 3.8) is 0 Å². The highest BCUT2D eigenvalue weighted by molar-refractivity contribution is 5.76. The molecule has 0 aromatic heterocycles. The standard InChI is InChI=1S/C19H28F6O4/c1-4-16(2,3)15(27)29-17(10-6-5-7-11-17)12-8-9-13(26)28-14(18(20,21)22)19(23,24)25/h14H,4-12H2,1-3H3. The Morgan fingerprint density at radius 2 is 1.48 bits per heavy atom. The summed E-state index contributed by atoms with van der Waals surface area (Å²) in [7, 11) is 0. The minimum atomic E-state index is -5.74. The van der Waals surface area contributed by atoms with Crippen molar-refractivity contribution >= 4 is 11.9 Å². The molecule has 10 heteroatoms. The fourth-order valence-corrected chi connectivity index (χ4v) is 3.14. The van der Waals surface area contributed by atoms with Gasteiger partial charge in [-0.05, 0) is 58.8 Å². The van der Waals surface area contributed by atoms with Gasteiger partial charge in [0.05, 0.1) is 5.41 Å². The Morgan fingerprint density at radius 3 is 1.93 bits per heavy atom. The Kier molecular flexibility index (Phi) is 8.42. The van der Waals surface area contributed by atoms with E-state index in [4.69, 9.17) is 4.74 Å². The number of carbonyl (C=O) groups excluding carboxylic acids is 2.